The number of benzene rings is 2. The molecule has 0 spiro atoms. The maximum Gasteiger partial charge on any atom is 0.347 e. The molecule has 156 valence electrons. The highest BCUT2D eigenvalue weighted by Gasteiger charge is 2.32. The number of hydrogen-bond donors (Lipinski definition) is 2. The number of carboxylic acids is 1. The van der Waals surface area contributed by atoms with Crippen molar-refractivity contribution in [2.24, 2.45) is 5.73 Å². The third-order valence-corrected chi connectivity index (χ3v) is 4.28. The Labute approximate surface area is 171 Å². The SMILES string of the molecule is CC(C)(Oc1nc(Oc2cccc(-c3cccc(CN)c3)c2)c(F)cc1F)C(=O)O. The highest BCUT2D eigenvalue weighted by molar-refractivity contribution is 5.76. The summed E-state index contributed by atoms with van der Waals surface area (Å²) in [6.07, 6.45) is 0. The minimum absolute atomic E-state index is 0.257. The quantitative estimate of drug-likeness (QED) is 0.590. The van der Waals surface area contributed by atoms with Crippen molar-refractivity contribution < 1.29 is 28.2 Å². The van der Waals surface area contributed by atoms with Crippen LogP contribution >= 0.6 is 0 Å². The summed E-state index contributed by atoms with van der Waals surface area (Å²) in [5, 5.41) is 9.14. The van der Waals surface area contributed by atoms with Crippen molar-refractivity contribution in [1.82, 2.24) is 4.98 Å². The third kappa shape index (κ3) is 4.72. The Morgan fingerprint density at radius 1 is 1.03 bits per heavy atom. The van der Waals surface area contributed by atoms with E-state index in [0.717, 1.165) is 16.7 Å². The molecule has 0 amide bonds. The topological polar surface area (TPSA) is 94.7 Å². The third-order valence-electron chi connectivity index (χ3n) is 4.28. The summed E-state index contributed by atoms with van der Waals surface area (Å²) in [4.78, 5) is 14.9. The molecule has 1 aromatic heterocycles. The molecular weight excluding hydrogens is 394 g/mol. The minimum atomic E-state index is -1.77. The van der Waals surface area contributed by atoms with Crippen LogP contribution in [0.4, 0.5) is 8.78 Å². The number of aromatic nitrogens is 1. The smallest absolute Gasteiger partial charge is 0.347 e. The number of aliphatic carboxylic acids is 1. The Hall–Kier alpha value is -3.52. The number of nitrogens with two attached hydrogens (primary N) is 1. The lowest BCUT2D eigenvalue weighted by Crippen LogP contribution is -2.38. The molecule has 0 atom stereocenters. The average Bonchev–Trinajstić information content (AvgIpc) is 2.71. The van der Waals surface area contributed by atoms with Gasteiger partial charge in [0.2, 0.25) is 5.60 Å². The summed E-state index contributed by atoms with van der Waals surface area (Å²) in [7, 11) is 0. The molecule has 0 saturated carbocycles. The van der Waals surface area contributed by atoms with Crippen molar-refractivity contribution in [2.75, 3.05) is 0 Å². The van der Waals surface area contributed by atoms with Crippen LogP contribution in [0, 0.1) is 11.6 Å². The number of halogens is 2. The molecule has 8 heteroatoms. The van der Waals surface area contributed by atoms with Gasteiger partial charge >= 0.3 is 5.97 Å². The van der Waals surface area contributed by atoms with Crippen molar-refractivity contribution in [3.05, 3.63) is 71.8 Å². The van der Waals surface area contributed by atoms with E-state index in [4.69, 9.17) is 20.3 Å². The normalized spacial score (nSPS) is 11.2. The molecule has 3 N–H and O–H groups in total. The molecule has 0 fully saturated rings. The molecule has 3 aromatic rings. The first-order valence-corrected chi connectivity index (χ1v) is 9.05. The Bertz CT molecular complexity index is 1090. The number of hydrogen-bond acceptors (Lipinski definition) is 5. The zero-order chi connectivity index (χ0) is 21.9. The molecule has 1 heterocycles. The number of rotatable bonds is 7. The fourth-order valence-electron chi connectivity index (χ4n) is 2.59. The van der Waals surface area contributed by atoms with E-state index < -0.39 is 35.0 Å². The fraction of sp³-hybridized carbons (Fsp3) is 0.182. The zero-order valence-electron chi connectivity index (χ0n) is 16.4. The van der Waals surface area contributed by atoms with Gasteiger partial charge in [-0.05, 0) is 48.7 Å². The fourth-order valence-corrected chi connectivity index (χ4v) is 2.59. The summed E-state index contributed by atoms with van der Waals surface area (Å²) in [5.41, 5.74) is 6.56. The van der Waals surface area contributed by atoms with E-state index in [1.165, 1.54) is 13.8 Å². The van der Waals surface area contributed by atoms with Gasteiger partial charge in [-0.2, -0.15) is 4.98 Å². The van der Waals surface area contributed by atoms with Gasteiger partial charge in [-0.3, -0.25) is 0 Å². The molecule has 0 radical (unpaired) electrons. The number of nitrogens with zero attached hydrogens (tertiary/aromatic N) is 1. The van der Waals surface area contributed by atoms with Crippen LogP contribution < -0.4 is 15.2 Å². The molecule has 0 unspecified atom stereocenters. The number of ether oxygens (including phenoxy) is 2. The van der Waals surface area contributed by atoms with Gasteiger partial charge in [0.25, 0.3) is 11.8 Å². The molecule has 0 bridgehead atoms. The van der Waals surface area contributed by atoms with Crippen LogP contribution in [0.5, 0.6) is 17.5 Å². The summed E-state index contributed by atoms with van der Waals surface area (Å²) in [5.74, 6) is -4.48. The van der Waals surface area contributed by atoms with Crippen LogP contribution in [-0.4, -0.2) is 21.7 Å². The number of pyridine rings is 1. The van der Waals surface area contributed by atoms with Gasteiger partial charge in [0.05, 0.1) is 0 Å². The predicted molar refractivity (Wildman–Crippen MR) is 106 cm³/mol. The second-order valence-electron chi connectivity index (χ2n) is 7.01. The minimum Gasteiger partial charge on any atom is -0.478 e. The Morgan fingerprint density at radius 3 is 2.33 bits per heavy atom. The Balaban J connectivity index is 1.91. The van der Waals surface area contributed by atoms with Gasteiger partial charge in [0.15, 0.2) is 11.6 Å². The van der Waals surface area contributed by atoms with Gasteiger partial charge in [-0.15, -0.1) is 0 Å². The van der Waals surface area contributed by atoms with Gasteiger partial charge in [0.1, 0.15) is 5.75 Å². The van der Waals surface area contributed by atoms with E-state index in [1.807, 2.05) is 30.3 Å². The van der Waals surface area contributed by atoms with Crippen LogP contribution in [0.25, 0.3) is 11.1 Å². The van der Waals surface area contributed by atoms with Crippen molar-refractivity contribution >= 4 is 5.97 Å². The zero-order valence-corrected chi connectivity index (χ0v) is 16.4. The maximum atomic E-state index is 14.2. The lowest BCUT2D eigenvalue weighted by atomic mass is 10.0. The molecule has 0 aliphatic heterocycles. The first-order chi connectivity index (χ1) is 14.2. The van der Waals surface area contributed by atoms with Crippen LogP contribution in [0.1, 0.15) is 19.4 Å². The van der Waals surface area contributed by atoms with E-state index in [-0.39, 0.29) is 5.75 Å². The molecule has 0 aliphatic carbocycles. The van der Waals surface area contributed by atoms with Crippen LogP contribution in [0.15, 0.2) is 54.6 Å². The maximum absolute atomic E-state index is 14.2. The first-order valence-electron chi connectivity index (χ1n) is 9.05. The lowest BCUT2D eigenvalue weighted by molar-refractivity contribution is -0.152. The summed E-state index contributed by atoms with van der Waals surface area (Å²) >= 11 is 0. The van der Waals surface area contributed by atoms with E-state index in [9.17, 15) is 13.6 Å². The molecule has 3 rings (SSSR count). The van der Waals surface area contributed by atoms with Crippen LogP contribution in [0.3, 0.4) is 0 Å². The van der Waals surface area contributed by atoms with Crippen LogP contribution in [0.2, 0.25) is 0 Å². The molecular formula is C22H20F2N2O4. The van der Waals surface area contributed by atoms with Crippen LogP contribution in [-0.2, 0) is 11.3 Å². The summed E-state index contributed by atoms with van der Waals surface area (Å²) in [6.45, 7) is 2.84. The predicted octanol–water partition coefficient (Wildman–Crippen LogP) is 4.52. The Morgan fingerprint density at radius 2 is 1.67 bits per heavy atom. The van der Waals surface area contributed by atoms with Gasteiger partial charge < -0.3 is 20.3 Å². The first kappa shape index (κ1) is 21.2. The van der Waals surface area contributed by atoms with E-state index in [2.05, 4.69) is 4.98 Å². The highest BCUT2D eigenvalue weighted by atomic mass is 19.1. The van der Waals surface area contributed by atoms with Crippen molar-refractivity contribution in [1.29, 1.82) is 0 Å². The van der Waals surface area contributed by atoms with Gasteiger partial charge in [0, 0.05) is 12.6 Å². The standard InChI is InChI=1S/C22H20F2N2O4/c1-22(2,21(27)28)30-20-18(24)11-17(23)19(26-20)29-16-8-4-7-15(10-16)14-6-3-5-13(9-14)12-25/h3-11H,12,25H2,1-2H3,(H,27,28). The highest BCUT2D eigenvalue weighted by Crippen LogP contribution is 2.31. The molecule has 0 saturated heterocycles. The largest absolute Gasteiger partial charge is 0.478 e. The second kappa shape index (κ2) is 8.46. The Kier molecular flexibility index (Phi) is 5.98. The molecule has 2 aromatic carbocycles. The average molecular weight is 414 g/mol. The van der Waals surface area contributed by atoms with E-state index in [0.29, 0.717) is 12.6 Å². The summed E-state index contributed by atoms with van der Waals surface area (Å²) < 4.78 is 38.8. The number of carboxylic acid groups (broad SMARTS) is 1. The van der Waals surface area contributed by atoms with Gasteiger partial charge in [-0.1, -0.05) is 30.3 Å². The van der Waals surface area contributed by atoms with Crippen molar-refractivity contribution in [3.63, 3.8) is 0 Å². The van der Waals surface area contributed by atoms with Crippen molar-refractivity contribution in [2.45, 2.75) is 26.0 Å². The summed E-state index contributed by atoms with van der Waals surface area (Å²) in [6, 6.07) is 15.0. The lowest BCUT2D eigenvalue weighted by Gasteiger charge is -2.21. The monoisotopic (exact) mass is 414 g/mol. The molecule has 0 aliphatic rings. The second-order valence-corrected chi connectivity index (χ2v) is 7.01. The van der Waals surface area contributed by atoms with Gasteiger partial charge in [-0.25, -0.2) is 13.6 Å². The van der Waals surface area contributed by atoms with E-state index >= 15 is 0 Å². The number of carbonyl (C=O) groups is 1. The van der Waals surface area contributed by atoms with E-state index in [1.54, 1.807) is 18.2 Å². The van der Waals surface area contributed by atoms with Crippen molar-refractivity contribution in [3.8, 4) is 28.6 Å². The molecule has 30 heavy (non-hydrogen) atoms. The molecule has 6 nitrogen and oxygen atoms in total.